The topological polar surface area (TPSA) is 72.9 Å². The molecule has 0 aliphatic carbocycles. The number of nitrogens with one attached hydrogen (secondary N) is 1. The zero-order valence-electron chi connectivity index (χ0n) is 14.3. The van der Waals surface area contributed by atoms with Crippen LogP contribution in [0.5, 0.6) is 0 Å². The summed E-state index contributed by atoms with van der Waals surface area (Å²) in [4.78, 5) is 29.2. The van der Waals surface area contributed by atoms with E-state index in [4.69, 9.17) is 5.11 Å². The number of rotatable bonds is 7. The quantitative estimate of drug-likeness (QED) is 0.721. The average Bonchev–Trinajstić information content (AvgIpc) is 2.61. The second-order valence-corrected chi connectivity index (χ2v) is 6.24. The van der Waals surface area contributed by atoms with Crippen LogP contribution in [-0.4, -0.2) is 72.6 Å². The Morgan fingerprint density at radius 3 is 2.42 bits per heavy atom. The summed E-state index contributed by atoms with van der Waals surface area (Å²) >= 11 is 0. The van der Waals surface area contributed by atoms with Crippen LogP contribution in [0.1, 0.15) is 29.6 Å². The maximum atomic E-state index is 12.8. The minimum Gasteiger partial charge on any atom is -0.396 e. The Hall–Kier alpha value is -1.92. The number of carbonyl (C=O) groups excluding carboxylic acids is 2. The molecule has 0 spiro atoms. The molecular formula is C18H27N3O3. The van der Waals surface area contributed by atoms with E-state index >= 15 is 0 Å². The van der Waals surface area contributed by atoms with Crippen molar-refractivity contribution in [2.75, 3.05) is 39.8 Å². The number of aliphatic hydroxyl groups is 1. The lowest BCUT2D eigenvalue weighted by Crippen LogP contribution is -2.54. The first-order valence-corrected chi connectivity index (χ1v) is 8.56. The lowest BCUT2D eigenvalue weighted by molar-refractivity contribution is -0.135. The summed E-state index contributed by atoms with van der Waals surface area (Å²) in [6, 6.07) is 8.40. The molecule has 24 heavy (non-hydrogen) atoms. The molecule has 1 heterocycles. The van der Waals surface area contributed by atoms with Gasteiger partial charge in [-0.25, -0.2) is 0 Å². The first-order valence-electron chi connectivity index (χ1n) is 8.56. The van der Waals surface area contributed by atoms with Crippen molar-refractivity contribution in [1.82, 2.24) is 15.1 Å². The molecule has 0 radical (unpaired) electrons. The third-order valence-corrected chi connectivity index (χ3v) is 4.36. The van der Waals surface area contributed by atoms with Gasteiger partial charge in [0.05, 0.1) is 0 Å². The molecular weight excluding hydrogens is 306 g/mol. The predicted molar refractivity (Wildman–Crippen MR) is 92.7 cm³/mol. The Labute approximate surface area is 143 Å². The highest BCUT2D eigenvalue weighted by Gasteiger charge is 2.27. The van der Waals surface area contributed by atoms with Crippen molar-refractivity contribution in [2.45, 2.75) is 25.3 Å². The van der Waals surface area contributed by atoms with Crippen molar-refractivity contribution in [2.24, 2.45) is 0 Å². The van der Waals surface area contributed by atoms with Crippen molar-refractivity contribution >= 4 is 11.8 Å². The Morgan fingerprint density at radius 1 is 1.12 bits per heavy atom. The standard InChI is InChI=1S/C18H27N3O3/c1-20-10-12-21(13-11-20)18(24)16(9-5-6-14-22)19-17(23)15-7-3-2-4-8-15/h2-4,7-8,16,22H,5-6,9-14H2,1H3,(H,19,23)/t16-/m0/s1. The molecule has 2 rings (SSSR count). The molecule has 2 amide bonds. The van der Waals surface area contributed by atoms with Gasteiger partial charge in [-0.1, -0.05) is 18.2 Å². The highest BCUT2D eigenvalue weighted by molar-refractivity contribution is 5.97. The minimum atomic E-state index is -0.535. The summed E-state index contributed by atoms with van der Waals surface area (Å²) in [6.07, 6.45) is 1.88. The van der Waals surface area contributed by atoms with Gasteiger partial charge in [-0.2, -0.15) is 0 Å². The lowest BCUT2D eigenvalue weighted by atomic mass is 10.1. The lowest BCUT2D eigenvalue weighted by Gasteiger charge is -2.34. The molecule has 1 aliphatic rings. The van der Waals surface area contributed by atoms with Crippen LogP contribution >= 0.6 is 0 Å². The predicted octanol–water partition coefficient (Wildman–Crippen LogP) is 0.722. The zero-order chi connectivity index (χ0) is 17.4. The van der Waals surface area contributed by atoms with Crippen LogP contribution in [0.4, 0.5) is 0 Å². The fourth-order valence-corrected chi connectivity index (χ4v) is 2.80. The maximum absolute atomic E-state index is 12.8. The zero-order valence-corrected chi connectivity index (χ0v) is 14.3. The van der Waals surface area contributed by atoms with Gasteiger partial charge < -0.3 is 20.2 Å². The fourth-order valence-electron chi connectivity index (χ4n) is 2.80. The molecule has 0 bridgehead atoms. The number of hydrogen-bond donors (Lipinski definition) is 2. The molecule has 0 aromatic heterocycles. The second-order valence-electron chi connectivity index (χ2n) is 6.24. The van der Waals surface area contributed by atoms with Gasteiger partial charge >= 0.3 is 0 Å². The summed E-state index contributed by atoms with van der Waals surface area (Å²) in [7, 11) is 2.04. The van der Waals surface area contributed by atoms with Crippen molar-refractivity contribution in [3.8, 4) is 0 Å². The van der Waals surface area contributed by atoms with Gasteiger partial charge in [0.1, 0.15) is 6.04 Å². The summed E-state index contributed by atoms with van der Waals surface area (Å²) in [5.41, 5.74) is 0.552. The van der Waals surface area contributed by atoms with Gasteiger partial charge in [-0.15, -0.1) is 0 Å². The van der Waals surface area contributed by atoms with Gasteiger partial charge in [0.2, 0.25) is 5.91 Å². The first kappa shape index (κ1) is 18.4. The molecule has 1 aliphatic heterocycles. The van der Waals surface area contributed by atoms with Crippen LogP contribution in [0, 0.1) is 0 Å². The molecule has 1 fully saturated rings. The molecule has 0 unspecified atom stereocenters. The monoisotopic (exact) mass is 333 g/mol. The Kier molecular flexibility index (Phi) is 7.21. The van der Waals surface area contributed by atoms with Crippen LogP contribution in [0.2, 0.25) is 0 Å². The van der Waals surface area contributed by atoms with Gasteiger partial charge in [0, 0.05) is 38.3 Å². The Bertz CT molecular complexity index is 528. The van der Waals surface area contributed by atoms with E-state index in [-0.39, 0.29) is 18.4 Å². The minimum absolute atomic E-state index is 0.0229. The molecule has 0 saturated carbocycles. The Morgan fingerprint density at radius 2 is 1.79 bits per heavy atom. The highest BCUT2D eigenvalue weighted by Crippen LogP contribution is 2.09. The molecule has 1 aromatic carbocycles. The van der Waals surface area contributed by atoms with E-state index in [0.717, 1.165) is 13.1 Å². The number of carbonyl (C=O) groups is 2. The number of aliphatic hydroxyl groups excluding tert-OH is 1. The van der Waals surface area contributed by atoms with Crippen molar-refractivity contribution in [3.05, 3.63) is 35.9 Å². The first-order chi connectivity index (χ1) is 11.6. The van der Waals surface area contributed by atoms with Crippen LogP contribution in [-0.2, 0) is 4.79 Å². The second kappa shape index (κ2) is 9.39. The van der Waals surface area contributed by atoms with Crippen molar-refractivity contribution in [3.63, 3.8) is 0 Å². The fraction of sp³-hybridized carbons (Fsp3) is 0.556. The summed E-state index contributed by atoms with van der Waals surface area (Å²) < 4.78 is 0. The van der Waals surface area contributed by atoms with E-state index in [1.807, 2.05) is 18.0 Å². The van der Waals surface area contributed by atoms with E-state index < -0.39 is 6.04 Å². The van der Waals surface area contributed by atoms with Gasteiger partial charge in [-0.3, -0.25) is 9.59 Å². The average molecular weight is 333 g/mol. The third-order valence-electron chi connectivity index (χ3n) is 4.36. The van der Waals surface area contributed by atoms with E-state index in [0.29, 0.717) is 37.9 Å². The smallest absolute Gasteiger partial charge is 0.251 e. The summed E-state index contributed by atoms with van der Waals surface area (Å²) in [5, 5.41) is 11.8. The number of likely N-dealkylation sites (N-methyl/N-ethyl adjacent to an activating group) is 1. The molecule has 1 aromatic rings. The summed E-state index contributed by atoms with van der Waals surface area (Å²) in [5.74, 6) is -0.252. The van der Waals surface area contributed by atoms with Gasteiger partial charge in [0.25, 0.3) is 5.91 Å². The number of amides is 2. The van der Waals surface area contributed by atoms with Crippen molar-refractivity contribution < 1.29 is 14.7 Å². The molecule has 132 valence electrons. The normalized spacial score (nSPS) is 16.7. The van der Waals surface area contributed by atoms with E-state index in [1.165, 1.54) is 0 Å². The largest absolute Gasteiger partial charge is 0.396 e. The van der Waals surface area contributed by atoms with Gasteiger partial charge in [-0.05, 0) is 38.4 Å². The summed E-state index contributed by atoms with van der Waals surface area (Å²) in [6.45, 7) is 3.17. The highest BCUT2D eigenvalue weighted by atomic mass is 16.3. The number of hydrogen-bond acceptors (Lipinski definition) is 4. The van der Waals surface area contributed by atoms with E-state index in [1.54, 1.807) is 24.3 Å². The van der Waals surface area contributed by atoms with Crippen molar-refractivity contribution in [1.29, 1.82) is 0 Å². The number of benzene rings is 1. The van der Waals surface area contributed by atoms with Crippen LogP contribution in [0.15, 0.2) is 30.3 Å². The maximum Gasteiger partial charge on any atom is 0.251 e. The SMILES string of the molecule is CN1CCN(C(=O)[C@H](CCCCO)NC(=O)c2ccccc2)CC1. The molecule has 1 saturated heterocycles. The van der Waals surface area contributed by atoms with Gasteiger partial charge in [0.15, 0.2) is 0 Å². The number of unbranched alkanes of at least 4 members (excludes halogenated alkanes) is 1. The Balaban J connectivity index is 2.00. The number of piperazine rings is 1. The van der Waals surface area contributed by atoms with Crippen LogP contribution in [0.3, 0.4) is 0 Å². The third kappa shape index (κ3) is 5.32. The van der Waals surface area contributed by atoms with E-state index in [2.05, 4.69) is 10.2 Å². The molecule has 6 nitrogen and oxygen atoms in total. The number of nitrogens with zero attached hydrogens (tertiary/aromatic N) is 2. The molecule has 2 N–H and O–H groups in total. The van der Waals surface area contributed by atoms with Crippen LogP contribution < -0.4 is 5.32 Å². The molecule has 6 heteroatoms. The molecule has 1 atom stereocenters. The van der Waals surface area contributed by atoms with Crippen LogP contribution in [0.25, 0.3) is 0 Å². The van der Waals surface area contributed by atoms with E-state index in [9.17, 15) is 9.59 Å².